The Labute approximate surface area is 218 Å². The number of carbonyl (C=O) groups excluding carboxylic acids is 2. The molecule has 5 rings (SSSR count). The van der Waals surface area contributed by atoms with Crippen LogP contribution in [-0.2, 0) is 16.8 Å². The van der Waals surface area contributed by atoms with Crippen LogP contribution >= 0.6 is 0 Å². The van der Waals surface area contributed by atoms with Gasteiger partial charge in [0.2, 0.25) is 5.91 Å². The average Bonchev–Trinajstić information content (AvgIpc) is 3.16. The summed E-state index contributed by atoms with van der Waals surface area (Å²) in [7, 11) is 0. The van der Waals surface area contributed by atoms with Gasteiger partial charge in [0.15, 0.2) is 0 Å². The minimum Gasteiger partial charge on any atom is -0.367 e. The van der Waals surface area contributed by atoms with Crippen molar-refractivity contribution in [3.05, 3.63) is 83.6 Å². The van der Waals surface area contributed by atoms with Crippen molar-refractivity contribution in [1.82, 2.24) is 9.88 Å². The molecule has 2 amide bonds. The Hall–Kier alpha value is -3.71. The molecule has 3 heterocycles. The zero-order valence-electron chi connectivity index (χ0n) is 21.8. The number of nitrogens with zero attached hydrogens (tertiary/aromatic N) is 3. The summed E-state index contributed by atoms with van der Waals surface area (Å²) in [5, 5.41) is 6.55. The molecule has 0 unspecified atom stereocenters. The summed E-state index contributed by atoms with van der Waals surface area (Å²) in [5.41, 5.74) is 4.36. The third-order valence-electron chi connectivity index (χ3n) is 7.44. The number of likely N-dealkylation sites (tertiary alicyclic amines) is 1. The molecule has 2 aliphatic rings. The molecular formula is C30H35N5O2. The van der Waals surface area contributed by atoms with Crippen molar-refractivity contribution in [2.75, 3.05) is 35.2 Å². The lowest BCUT2D eigenvalue weighted by atomic mass is 9.87. The molecule has 1 aromatic heterocycles. The highest BCUT2D eigenvalue weighted by Gasteiger charge is 2.37. The van der Waals surface area contributed by atoms with Crippen LogP contribution in [-0.4, -0.2) is 47.4 Å². The van der Waals surface area contributed by atoms with Gasteiger partial charge in [-0.3, -0.25) is 14.5 Å². The molecule has 1 fully saturated rings. The molecule has 3 aromatic rings. The number of benzene rings is 2. The Kier molecular flexibility index (Phi) is 6.98. The van der Waals surface area contributed by atoms with Crippen LogP contribution in [0.15, 0.2) is 66.9 Å². The number of piperidine rings is 1. The first-order valence-electron chi connectivity index (χ1n) is 13.0. The molecule has 0 atom stereocenters. The molecule has 0 spiro atoms. The number of rotatable bonds is 6. The van der Waals surface area contributed by atoms with Crippen molar-refractivity contribution >= 4 is 29.0 Å². The van der Waals surface area contributed by atoms with E-state index >= 15 is 0 Å². The van der Waals surface area contributed by atoms with Crippen molar-refractivity contribution in [2.45, 2.75) is 51.6 Å². The number of anilines is 3. The highest BCUT2D eigenvalue weighted by atomic mass is 16.2. The fraction of sp³-hybridized carbons (Fsp3) is 0.367. The van der Waals surface area contributed by atoms with Crippen LogP contribution in [0, 0.1) is 0 Å². The lowest BCUT2D eigenvalue weighted by molar-refractivity contribution is -0.116. The first kappa shape index (κ1) is 25.0. The van der Waals surface area contributed by atoms with Gasteiger partial charge in [0.05, 0.1) is 5.56 Å². The summed E-state index contributed by atoms with van der Waals surface area (Å²) in [6, 6.07) is 20.2. The van der Waals surface area contributed by atoms with Crippen molar-refractivity contribution < 1.29 is 9.59 Å². The van der Waals surface area contributed by atoms with E-state index in [1.807, 2.05) is 24.3 Å². The van der Waals surface area contributed by atoms with Crippen LogP contribution in [0.4, 0.5) is 17.2 Å². The van der Waals surface area contributed by atoms with Gasteiger partial charge in [-0.15, -0.1) is 0 Å². The second-order valence-electron chi connectivity index (χ2n) is 10.8. The van der Waals surface area contributed by atoms with E-state index in [1.54, 1.807) is 30.2 Å². The van der Waals surface area contributed by atoms with Crippen LogP contribution in [0.2, 0.25) is 0 Å². The van der Waals surface area contributed by atoms with E-state index in [4.69, 9.17) is 0 Å². The molecule has 1 saturated heterocycles. The Balaban J connectivity index is 1.24. The largest absolute Gasteiger partial charge is 0.367 e. The lowest BCUT2D eigenvalue weighted by Gasteiger charge is -2.32. The van der Waals surface area contributed by atoms with Crippen molar-refractivity contribution in [2.24, 2.45) is 0 Å². The van der Waals surface area contributed by atoms with Crippen LogP contribution in [0.1, 0.15) is 55.1 Å². The molecule has 0 radical (unpaired) electrons. The maximum Gasteiger partial charge on any atom is 0.259 e. The molecule has 192 valence electrons. The van der Waals surface area contributed by atoms with Gasteiger partial charge >= 0.3 is 0 Å². The Morgan fingerprint density at radius 2 is 1.78 bits per heavy atom. The molecule has 2 aliphatic heterocycles. The number of nitrogens with one attached hydrogen (secondary N) is 2. The number of amides is 2. The van der Waals surface area contributed by atoms with E-state index in [0.717, 1.165) is 43.7 Å². The van der Waals surface area contributed by atoms with Crippen molar-refractivity contribution in [3.8, 4) is 0 Å². The highest BCUT2D eigenvalue weighted by molar-refractivity contribution is 6.08. The maximum atomic E-state index is 13.3. The first-order chi connectivity index (χ1) is 17.8. The van der Waals surface area contributed by atoms with Gasteiger partial charge in [-0.05, 0) is 48.2 Å². The van der Waals surface area contributed by atoms with Crippen LogP contribution in [0.3, 0.4) is 0 Å². The maximum absolute atomic E-state index is 13.3. The summed E-state index contributed by atoms with van der Waals surface area (Å²) < 4.78 is 0. The van der Waals surface area contributed by atoms with Gasteiger partial charge in [-0.25, -0.2) is 4.98 Å². The van der Waals surface area contributed by atoms with Gasteiger partial charge in [0.1, 0.15) is 5.82 Å². The molecule has 2 aromatic carbocycles. The topological polar surface area (TPSA) is 77.6 Å². The van der Waals surface area contributed by atoms with E-state index < -0.39 is 0 Å². The molecule has 37 heavy (non-hydrogen) atoms. The Morgan fingerprint density at radius 3 is 2.51 bits per heavy atom. The van der Waals surface area contributed by atoms with Gasteiger partial charge in [-0.2, -0.15) is 0 Å². The number of fused-ring (bicyclic) bond motifs is 1. The zero-order valence-corrected chi connectivity index (χ0v) is 21.8. The lowest BCUT2D eigenvalue weighted by Crippen LogP contribution is -2.39. The van der Waals surface area contributed by atoms with Crippen LogP contribution in [0.5, 0.6) is 0 Å². The predicted octanol–water partition coefficient (Wildman–Crippen LogP) is 5.05. The minimum atomic E-state index is -0.219. The molecule has 0 aliphatic carbocycles. The molecule has 0 bridgehead atoms. The van der Waals surface area contributed by atoms with E-state index in [9.17, 15) is 9.59 Å². The Morgan fingerprint density at radius 1 is 1.03 bits per heavy atom. The SMILES string of the molecule is CC(=O)N1CC(C)(C)c2ccc(NC(=O)c3cccnc3NC3CCN(Cc4ccccc4)CC3)cc21. The second kappa shape index (κ2) is 10.3. The van der Waals surface area contributed by atoms with Gasteiger partial charge in [0, 0.05) is 62.1 Å². The number of hydrogen-bond acceptors (Lipinski definition) is 5. The van der Waals surface area contributed by atoms with Crippen LogP contribution in [0.25, 0.3) is 0 Å². The number of aromatic nitrogens is 1. The molecular weight excluding hydrogens is 462 g/mol. The van der Waals surface area contributed by atoms with E-state index in [0.29, 0.717) is 23.6 Å². The van der Waals surface area contributed by atoms with Crippen molar-refractivity contribution in [3.63, 3.8) is 0 Å². The molecule has 7 nitrogen and oxygen atoms in total. The van der Waals surface area contributed by atoms with Gasteiger partial charge in [-0.1, -0.05) is 50.2 Å². The first-order valence-corrected chi connectivity index (χ1v) is 13.0. The number of carbonyl (C=O) groups is 2. The van der Waals surface area contributed by atoms with Crippen molar-refractivity contribution in [1.29, 1.82) is 0 Å². The Bertz CT molecular complexity index is 1280. The minimum absolute atomic E-state index is 0.00358. The predicted molar refractivity (Wildman–Crippen MR) is 148 cm³/mol. The number of hydrogen-bond donors (Lipinski definition) is 2. The fourth-order valence-corrected chi connectivity index (χ4v) is 5.42. The second-order valence-corrected chi connectivity index (χ2v) is 10.8. The smallest absolute Gasteiger partial charge is 0.259 e. The summed E-state index contributed by atoms with van der Waals surface area (Å²) in [5.74, 6) is 0.390. The van der Waals surface area contributed by atoms with E-state index in [2.05, 4.69) is 58.6 Å². The molecule has 2 N–H and O–H groups in total. The van der Waals surface area contributed by atoms with Gasteiger partial charge in [0.25, 0.3) is 5.91 Å². The normalized spacial score (nSPS) is 17.3. The van der Waals surface area contributed by atoms with Gasteiger partial charge < -0.3 is 15.5 Å². The summed E-state index contributed by atoms with van der Waals surface area (Å²) in [6.45, 7) is 9.44. The summed E-state index contributed by atoms with van der Waals surface area (Å²) in [4.78, 5) is 34.3. The zero-order chi connectivity index (χ0) is 26.0. The van der Waals surface area contributed by atoms with E-state index in [-0.39, 0.29) is 23.3 Å². The highest BCUT2D eigenvalue weighted by Crippen LogP contribution is 2.41. The molecule has 0 saturated carbocycles. The van der Waals surface area contributed by atoms with E-state index in [1.165, 1.54) is 5.56 Å². The van der Waals surface area contributed by atoms with Crippen LogP contribution < -0.4 is 15.5 Å². The molecule has 7 heteroatoms. The monoisotopic (exact) mass is 497 g/mol. The summed E-state index contributed by atoms with van der Waals surface area (Å²) in [6.07, 6.45) is 3.70. The fourth-order valence-electron chi connectivity index (χ4n) is 5.42. The average molecular weight is 498 g/mol. The summed E-state index contributed by atoms with van der Waals surface area (Å²) >= 11 is 0. The standard InChI is InChI=1S/C30H35N5O2/c1-21(36)35-20-30(2,3)26-12-11-24(18-27(26)35)33-29(37)25-10-7-15-31-28(25)32-23-13-16-34(17-14-23)19-22-8-5-4-6-9-22/h4-12,15,18,23H,13-14,16-17,19-20H2,1-3H3,(H,31,32)(H,33,37). The third kappa shape index (κ3) is 5.52. The quantitative estimate of drug-likeness (QED) is 0.498. The third-order valence-corrected chi connectivity index (χ3v) is 7.44. The number of pyridine rings is 1.